The minimum Gasteiger partial charge on any atom is -0.494 e. The first-order valence-corrected chi connectivity index (χ1v) is 12.0. The lowest BCUT2D eigenvalue weighted by Gasteiger charge is -2.37. The molecule has 0 spiro atoms. The SMILES string of the molecule is CCN1CN(CCCCOc2ccc(CC(OC(C)C)C(=O)O)cc2)C(=O)c2cc(C)ccc21. The molecule has 1 aliphatic rings. The predicted octanol–water partition coefficient (Wildman–Crippen LogP) is 4.51. The highest BCUT2D eigenvalue weighted by atomic mass is 16.5. The number of unbranched alkanes of at least 4 members (excludes halogenated alkanes) is 1. The van der Waals surface area contributed by atoms with Gasteiger partial charge in [-0.1, -0.05) is 23.8 Å². The zero-order valence-electron chi connectivity index (χ0n) is 20.6. The summed E-state index contributed by atoms with van der Waals surface area (Å²) in [7, 11) is 0. The molecule has 184 valence electrons. The highest BCUT2D eigenvalue weighted by Gasteiger charge is 2.28. The molecule has 1 amide bonds. The molecule has 7 nitrogen and oxygen atoms in total. The van der Waals surface area contributed by atoms with Crippen molar-refractivity contribution in [3.05, 3.63) is 59.2 Å². The topological polar surface area (TPSA) is 79.3 Å². The minimum absolute atomic E-state index is 0.0982. The molecule has 0 aromatic heterocycles. The maximum atomic E-state index is 12.9. The van der Waals surface area contributed by atoms with Crippen molar-refractivity contribution >= 4 is 17.6 Å². The Morgan fingerprint density at radius 3 is 2.47 bits per heavy atom. The van der Waals surface area contributed by atoms with Crippen LogP contribution in [0.1, 0.15) is 55.1 Å². The highest BCUT2D eigenvalue weighted by molar-refractivity contribution is 6.01. The molecule has 0 bridgehead atoms. The molecule has 1 N–H and O–H groups in total. The zero-order chi connectivity index (χ0) is 24.7. The van der Waals surface area contributed by atoms with Crippen LogP contribution in [0.4, 0.5) is 5.69 Å². The van der Waals surface area contributed by atoms with Gasteiger partial charge in [0.15, 0.2) is 6.10 Å². The van der Waals surface area contributed by atoms with Crippen LogP contribution in [0, 0.1) is 6.92 Å². The van der Waals surface area contributed by atoms with E-state index in [1.807, 2.05) is 62.1 Å². The van der Waals surface area contributed by atoms with E-state index < -0.39 is 12.1 Å². The quantitative estimate of drug-likeness (QED) is 0.462. The lowest BCUT2D eigenvalue weighted by Crippen LogP contribution is -2.47. The number of hydrogen-bond acceptors (Lipinski definition) is 5. The molecule has 2 aromatic carbocycles. The van der Waals surface area contributed by atoms with Crippen LogP contribution >= 0.6 is 0 Å². The van der Waals surface area contributed by atoms with Crippen molar-refractivity contribution in [3.8, 4) is 5.75 Å². The lowest BCUT2D eigenvalue weighted by atomic mass is 10.0. The fraction of sp³-hybridized carbons (Fsp3) is 0.481. The summed E-state index contributed by atoms with van der Waals surface area (Å²) in [6.45, 7) is 10.5. The number of carbonyl (C=O) groups is 2. The largest absolute Gasteiger partial charge is 0.494 e. The summed E-state index contributed by atoms with van der Waals surface area (Å²) >= 11 is 0. The average molecular weight is 469 g/mol. The van der Waals surface area contributed by atoms with E-state index in [1.165, 1.54) is 0 Å². The fourth-order valence-corrected chi connectivity index (χ4v) is 4.11. The van der Waals surface area contributed by atoms with Crippen molar-refractivity contribution in [3.63, 3.8) is 0 Å². The molecular formula is C27H36N2O5. The van der Waals surface area contributed by atoms with Crippen molar-refractivity contribution in [1.82, 2.24) is 4.90 Å². The summed E-state index contributed by atoms with van der Waals surface area (Å²) in [6, 6.07) is 13.5. The van der Waals surface area contributed by atoms with Gasteiger partial charge in [0.1, 0.15) is 5.75 Å². The summed E-state index contributed by atoms with van der Waals surface area (Å²) < 4.78 is 11.3. The maximum Gasteiger partial charge on any atom is 0.333 e. The zero-order valence-corrected chi connectivity index (χ0v) is 20.6. The van der Waals surface area contributed by atoms with Crippen LogP contribution in [0.15, 0.2) is 42.5 Å². The number of nitrogens with zero attached hydrogens (tertiary/aromatic N) is 2. The Morgan fingerprint density at radius 1 is 1.09 bits per heavy atom. The molecule has 3 rings (SSSR count). The summed E-state index contributed by atoms with van der Waals surface area (Å²) in [5.41, 5.74) is 3.79. The van der Waals surface area contributed by atoms with Gasteiger partial charge in [0.25, 0.3) is 5.91 Å². The van der Waals surface area contributed by atoms with Gasteiger partial charge >= 0.3 is 5.97 Å². The summed E-state index contributed by atoms with van der Waals surface area (Å²) in [5, 5.41) is 9.33. The molecule has 1 heterocycles. The van der Waals surface area contributed by atoms with Gasteiger partial charge in [0, 0.05) is 19.5 Å². The average Bonchev–Trinajstić information content (AvgIpc) is 2.80. The normalized spacial score (nSPS) is 14.3. The predicted molar refractivity (Wildman–Crippen MR) is 133 cm³/mol. The molecule has 7 heteroatoms. The van der Waals surface area contributed by atoms with Crippen LogP contribution in [-0.2, 0) is 16.0 Å². The van der Waals surface area contributed by atoms with Crippen LogP contribution in [0.3, 0.4) is 0 Å². The third-order valence-electron chi connectivity index (χ3n) is 5.88. The summed E-state index contributed by atoms with van der Waals surface area (Å²) in [6.07, 6.45) is 1.00. The standard InChI is InChI=1S/C27H36N2O5/c1-5-28-18-29(26(30)23-16-20(4)8-13-24(23)28)14-6-7-15-33-22-11-9-21(10-12-22)17-25(27(31)32)34-19(2)3/h8-13,16,19,25H,5-7,14-15,17-18H2,1-4H3,(H,31,32). The second-order valence-corrected chi connectivity index (χ2v) is 9.00. The summed E-state index contributed by atoms with van der Waals surface area (Å²) in [5.74, 6) is -0.112. The van der Waals surface area contributed by atoms with Crippen LogP contribution in [-0.4, -0.2) is 60.5 Å². The number of amides is 1. The number of fused-ring (bicyclic) bond motifs is 1. The van der Waals surface area contributed by atoms with E-state index in [4.69, 9.17) is 9.47 Å². The van der Waals surface area contributed by atoms with Gasteiger partial charge in [-0.3, -0.25) is 4.79 Å². The number of aryl methyl sites for hydroxylation is 1. The molecule has 0 radical (unpaired) electrons. The second kappa shape index (κ2) is 11.9. The molecule has 34 heavy (non-hydrogen) atoms. The Kier molecular flexibility index (Phi) is 8.93. The first kappa shape index (κ1) is 25.6. The minimum atomic E-state index is -0.957. The molecule has 0 fully saturated rings. The van der Waals surface area contributed by atoms with Crippen molar-refractivity contribution in [1.29, 1.82) is 0 Å². The van der Waals surface area contributed by atoms with Gasteiger partial charge in [-0.05, 0) is 70.4 Å². The number of aliphatic carboxylic acids is 1. The summed E-state index contributed by atoms with van der Waals surface area (Å²) in [4.78, 5) is 28.5. The van der Waals surface area contributed by atoms with E-state index in [0.29, 0.717) is 26.2 Å². The van der Waals surface area contributed by atoms with Crippen molar-refractivity contribution < 1.29 is 24.2 Å². The van der Waals surface area contributed by atoms with Gasteiger partial charge in [0.2, 0.25) is 0 Å². The number of carboxylic acids is 1. The third-order valence-corrected chi connectivity index (χ3v) is 5.88. The monoisotopic (exact) mass is 468 g/mol. The highest BCUT2D eigenvalue weighted by Crippen LogP contribution is 2.28. The van der Waals surface area contributed by atoms with E-state index in [1.54, 1.807) is 0 Å². The van der Waals surface area contributed by atoms with E-state index in [9.17, 15) is 14.7 Å². The number of ether oxygens (including phenoxy) is 2. The van der Waals surface area contributed by atoms with Crippen molar-refractivity contribution in [2.24, 2.45) is 0 Å². The van der Waals surface area contributed by atoms with E-state index in [0.717, 1.165) is 47.5 Å². The fourth-order valence-electron chi connectivity index (χ4n) is 4.11. The van der Waals surface area contributed by atoms with Crippen molar-refractivity contribution in [2.75, 3.05) is 31.3 Å². The van der Waals surface area contributed by atoms with Crippen LogP contribution in [0.2, 0.25) is 0 Å². The maximum absolute atomic E-state index is 12.9. The molecule has 1 aliphatic heterocycles. The first-order chi connectivity index (χ1) is 16.3. The Labute approximate surface area is 202 Å². The number of carboxylic acid groups (broad SMARTS) is 1. The Bertz CT molecular complexity index is 973. The smallest absolute Gasteiger partial charge is 0.333 e. The molecule has 0 saturated carbocycles. The second-order valence-electron chi connectivity index (χ2n) is 9.00. The molecule has 1 atom stereocenters. The molecule has 1 unspecified atom stereocenters. The number of rotatable bonds is 12. The van der Waals surface area contributed by atoms with Crippen molar-refractivity contribution in [2.45, 2.75) is 59.2 Å². The van der Waals surface area contributed by atoms with Gasteiger partial charge in [-0.15, -0.1) is 0 Å². The molecule has 0 saturated heterocycles. The molecule has 0 aliphatic carbocycles. The number of benzene rings is 2. The van der Waals surface area contributed by atoms with E-state index in [2.05, 4.69) is 17.9 Å². The lowest BCUT2D eigenvalue weighted by molar-refractivity contribution is -0.153. The molecule has 2 aromatic rings. The third kappa shape index (κ3) is 6.73. The Balaban J connectivity index is 1.44. The molecular weight excluding hydrogens is 432 g/mol. The van der Waals surface area contributed by atoms with Crippen LogP contribution in [0.5, 0.6) is 5.75 Å². The van der Waals surface area contributed by atoms with E-state index in [-0.39, 0.29) is 12.0 Å². The van der Waals surface area contributed by atoms with E-state index >= 15 is 0 Å². The van der Waals surface area contributed by atoms with Gasteiger partial charge in [-0.2, -0.15) is 0 Å². The van der Waals surface area contributed by atoms with Gasteiger partial charge in [-0.25, -0.2) is 4.79 Å². The number of anilines is 1. The Morgan fingerprint density at radius 2 is 1.82 bits per heavy atom. The van der Waals surface area contributed by atoms with Gasteiger partial charge in [0.05, 0.1) is 30.6 Å². The van der Waals surface area contributed by atoms with Crippen LogP contribution < -0.4 is 9.64 Å². The first-order valence-electron chi connectivity index (χ1n) is 12.0. The number of hydrogen-bond donors (Lipinski definition) is 1. The van der Waals surface area contributed by atoms with Gasteiger partial charge < -0.3 is 24.4 Å². The van der Waals surface area contributed by atoms with Crippen LogP contribution in [0.25, 0.3) is 0 Å². The Hall–Kier alpha value is -3.06. The number of carbonyl (C=O) groups excluding carboxylic acids is 1.